The molecule has 0 saturated heterocycles. The number of hydrogen-bond donors (Lipinski definition) is 1. The number of nitrogens with zero attached hydrogens (tertiary/aromatic N) is 1. The van der Waals surface area contributed by atoms with Gasteiger partial charge in [-0.05, 0) is 37.1 Å². The van der Waals surface area contributed by atoms with Crippen LogP contribution in [-0.4, -0.2) is 17.4 Å². The number of rotatable bonds is 5. The Hall–Kier alpha value is -2.40. The van der Waals surface area contributed by atoms with Crippen LogP contribution in [0.2, 0.25) is 0 Å². The van der Waals surface area contributed by atoms with Crippen LogP contribution in [0.1, 0.15) is 21.8 Å². The molecule has 122 valence electrons. The standard InChI is InChI=1S/C19H17BrN2O2/c1-13-17(22-19(24-13)15-8-3-2-4-9-15)18(23)21-12-11-14-7-5-6-10-16(14)20/h2-10H,11-12H2,1H3,(H,21,23). The van der Waals surface area contributed by atoms with Gasteiger partial charge in [0.1, 0.15) is 5.76 Å². The summed E-state index contributed by atoms with van der Waals surface area (Å²) in [6.45, 7) is 2.29. The molecule has 3 rings (SSSR count). The molecule has 4 nitrogen and oxygen atoms in total. The number of hydrogen-bond acceptors (Lipinski definition) is 3. The van der Waals surface area contributed by atoms with Gasteiger partial charge >= 0.3 is 0 Å². The first kappa shape index (κ1) is 16.5. The van der Waals surface area contributed by atoms with Gasteiger partial charge in [-0.3, -0.25) is 4.79 Å². The Balaban J connectivity index is 1.65. The number of aromatic nitrogens is 1. The summed E-state index contributed by atoms with van der Waals surface area (Å²) in [5.41, 5.74) is 2.34. The van der Waals surface area contributed by atoms with Crippen LogP contribution >= 0.6 is 15.9 Å². The van der Waals surface area contributed by atoms with Gasteiger partial charge in [0.15, 0.2) is 5.69 Å². The Labute approximate surface area is 149 Å². The third-order valence-electron chi connectivity index (χ3n) is 3.67. The second kappa shape index (κ2) is 7.45. The SMILES string of the molecule is Cc1oc(-c2ccccc2)nc1C(=O)NCCc1ccccc1Br. The van der Waals surface area contributed by atoms with E-state index >= 15 is 0 Å². The van der Waals surface area contributed by atoms with Gasteiger partial charge in [0.05, 0.1) is 0 Å². The highest BCUT2D eigenvalue weighted by Gasteiger charge is 2.17. The lowest BCUT2D eigenvalue weighted by Crippen LogP contribution is -2.26. The van der Waals surface area contributed by atoms with Crippen LogP contribution in [0.25, 0.3) is 11.5 Å². The number of nitrogens with one attached hydrogen (secondary N) is 1. The summed E-state index contributed by atoms with van der Waals surface area (Å²) in [6, 6.07) is 17.5. The average molecular weight is 385 g/mol. The maximum atomic E-state index is 12.3. The van der Waals surface area contributed by atoms with E-state index in [1.54, 1.807) is 6.92 Å². The molecule has 24 heavy (non-hydrogen) atoms. The third-order valence-corrected chi connectivity index (χ3v) is 4.44. The van der Waals surface area contributed by atoms with E-state index in [1.807, 2.05) is 54.6 Å². The molecule has 0 spiro atoms. The van der Waals surface area contributed by atoms with Crippen LogP contribution in [0.15, 0.2) is 63.5 Å². The van der Waals surface area contributed by atoms with Crippen molar-refractivity contribution in [3.63, 3.8) is 0 Å². The summed E-state index contributed by atoms with van der Waals surface area (Å²) in [5, 5.41) is 2.90. The molecule has 0 aliphatic carbocycles. The zero-order valence-corrected chi connectivity index (χ0v) is 14.8. The second-order valence-corrected chi connectivity index (χ2v) is 6.24. The van der Waals surface area contributed by atoms with Crippen LogP contribution < -0.4 is 5.32 Å². The minimum atomic E-state index is -0.217. The normalized spacial score (nSPS) is 10.6. The lowest BCUT2D eigenvalue weighted by Gasteiger charge is -2.05. The predicted molar refractivity (Wildman–Crippen MR) is 96.9 cm³/mol. The van der Waals surface area contributed by atoms with Crippen molar-refractivity contribution < 1.29 is 9.21 Å². The molecule has 0 aliphatic heterocycles. The Morgan fingerprint density at radius 2 is 1.83 bits per heavy atom. The number of amides is 1. The van der Waals surface area contributed by atoms with E-state index in [1.165, 1.54) is 0 Å². The van der Waals surface area contributed by atoms with Gasteiger partial charge in [-0.15, -0.1) is 0 Å². The topological polar surface area (TPSA) is 55.1 Å². The van der Waals surface area contributed by atoms with E-state index in [9.17, 15) is 4.79 Å². The first-order valence-corrected chi connectivity index (χ1v) is 8.49. The molecular weight excluding hydrogens is 368 g/mol. The van der Waals surface area contributed by atoms with Crippen molar-refractivity contribution in [3.8, 4) is 11.5 Å². The van der Waals surface area contributed by atoms with E-state index in [-0.39, 0.29) is 5.91 Å². The minimum Gasteiger partial charge on any atom is -0.441 e. The minimum absolute atomic E-state index is 0.217. The van der Waals surface area contributed by atoms with Gasteiger partial charge in [0.25, 0.3) is 5.91 Å². The lowest BCUT2D eigenvalue weighted by atomic mass is 10.1. The molecule has 0 atom stereocenters. The van der Waals surface area contributed by atoms with Crippen molar-refractivity contribution >= 4 is 21.8 Å². The zero-order valence-electron chi connectivity index (χ0n) is 13.3. The summed E-state index contributed by atoms with van der Waals surface area (Å²) in [7, 11) is 0. The number of carbonyl (C=O) groups is 1. The third kappa shape index (κ3) is 3.74. The highest BCUT2D eigenvalue weighted by Crippen LogP contribution is 2.21. The fourth-order valence-electron chi connectivity index (χ4n) is 2.41. The number of aryl methyl sites for hydroxylation is 1. The van der Waals surface area contributed by atoms with Gasteiger partial charge in [0, 0.05) is 16.6 Å². The van der Waals surface area contributed by atoms with Crippen molar-refractivity contribution in [2.24, 2.45) is 0 Å². The Morgan fingerprint density at radius 1 is 1.12 bits per heavy atom. The molecule has 1 heterocycles. The molecule has 0 bridgehead atoms. The smallest absolute Gasteiger partial charge is 0.273 e. The van der Waals surface area contributed by atoms with E-state index in [0.29, 0.717) is 23.9 Å². The fraction of sp³-hybridized carbons (Fsp3) is 0.158. The fourth-order valence-corrected chi connectivity index (χ4v) is 2.89. The van der Waals surface area contributed by atoms with Gasteiger partial charge < -0.3 is 9.73 Å². The van der Waals surface area contributed by atoms with Crippen molar-refractivity contribution in [1.29, 1.82) is 0 Å². The van der Waals surface area contributed by atoms with Crippen molar-refractivity contribution in [2.75, 3.05) is 6.54 Å². The van der Waals surface area contributed by atoms with Crippen LogP contribution in [0.3, 0.4) is 0 Å². The summed E-state index contributed by atoms with van der Waals surface area (Å²) in [5.74, 6) is 0.766. The average Bonchev–Trinajstić information content (AvgIpc) is 2.99. The van der Waals surface area contributed by atoms with E-state index in [4.69, 9.17) is 4.42 Å². The molecule has 0 saturated carbocycles. The molecule has 0 fully saturated rings. The van der Waals surface area contributed by atoms with Gasteiger partial charge in [-0.1, -0.05) is 52.3 Å². The van der Waals surface area contributed by atoms with E-state index in [0.717, 1.165) is 22.0 Å². The Kier molecular flexibility index (Phi) is 5.11. The first-order valence-electron chi connectivity index (χ1n) is 7.69. The maximum Gasteiger partial charge on any atom is 0.273 e. The second-order valence-electron chi connectivity index (χ2n) is 5.39. The van der Waals surface area contributed by atoms with E-state index < -0.39 is 0 Å². The predicted octanol–water partition coefficient (Wildman–Crippen LogP) is 4.39. The van der Waals surface area contributed by atoms with Crippen LogP contribution in [0.5, 0.6) is 0 Å². The van der Waals surface area contributed by atoms with Crippen molar-refractivity contribution in [3.05, 3.63) is 76.1 Å². The molecule has 1 amide bonds. The van der Waals surface area contributed by atoms with Crippen LogP contribution in [0.4, 0.5) is 0 Å². The summed E-state index contributed by atoms with van der Waals surface area (Å²) < 4.78 is 6.67. The van der Waals surface area contributed by atoms with Gasteiger partial charge in [-0.2, -0.15) is 0 Å². The molecular formula is C19H17BrN2O2. The Bertz CT molecular complexity index is 844. The van der Waals surface area contributed by atoms with E-state index in [2.05, 4.69) is 26.2 Å². The van der Waals surface area contributed by atoms with Gasteiger partial charge in [-0.25, -0.2) is 4.98 Å². The maximum absolute atomic E-state index is 12.3. The Morgan fingerprint density at radius 3 is 2.58 bits per heavy atom. The number of benzene rings is 2. The van der Waals surface area contributed by atoms with Crippen LogP contribution in [0, 0.1) is 6.92 Å². The van der Waals surface area contributed by atoms with Crippen molar-refractivity contribution in [1.82, 2.24) is 10.3 Å². The molecule has 3 aromatic rings. The quantitative estimate of drug-likeness (QED) is 0.709. The highest BCUT2D eigenvalue weighted by atomic mass is 79.9. The van der Waals surface area contributed by atoms with Crippen molar-refractivity contribution in [2.45, 2.75) is 13.3 Å². The first-order chi connectivity index (χ1) is 11.6. The van der Waals surface area contributed by atoms with Crippen LogP contribution in [-0.2, 0) is 6.42 Å². The molecule has 5 heteroatoms. The lowest BCUT2D eigenvalue weighted by molar-refractivity contribution is 0.0948. The highest BCUT2D eigenvalue weighted by molar-refractivity contribution is 9.10. The molecule has 0 unspecified atom stereocenters. The number of carbonyl (C=O) groups excluding carboxylic acids is 1. The molecule has 2 aromatic carbocycles. The molecule has 0 aliphatic rings. The zero-order chi connectivity index (χ0) is 16.9. The number of halogens is 1. The number of oxazole rings is 1. The molecule has 1 aromatic heterocycles. The monoisotopic (exact) mass is 384 g/mol. The summed E-state index contributed by atoms with van der Waals surface area (Å²) >= 11 is 3.51. The van der Waals surface area contributed by atoms with Gasteiger partial charge in [0.2, 0.25) is 5.89 Å². The summed E-state index contributed by atoms with van der Waals surface area (Å²) in [4.78, 5) is 16.7. The molecule has 0 radical (unpaired) electrons. The molecule has 1 N–H and O–H groups in total. The largest absolute Gasteiger partial charge is 0.441 e. The summed E-state index contributed by atoms with van der Waals surface area (Å²) in [6.07, 6.45) is 0.746.